The summed E-state index contributed by atoms with van der Waals surface area (Å²) in [5, 5.41) is 3.12. The molecule has 0 saturated carbocycles. The number of amides is 1. The summed E-state index contributed by atoms with van der Waals surface area (Å²) < 4.78 is 11.6. The maximum Gasteiger partial charge on any atom is 0.220 e. The van der Waals surface area contributed by atoms with E-state index in [1.807, 2.05) is 0 Å². The summed E-state index contributed by atoms with van der Waals surface area (Å²) in [4.78, 5) is 12.6. The fourth-order valence-electron chi connectivity index (χ4n) is 3.95. The van der Waals surface area contributed by atoms with Crippen molar-refractivity contribution in [1.29, 1.82) is 0 Å². The Hall–Kier alpha value is -0.610. The van der Waals surface area contributed by atoms with Gasteiger partial charge in [-0.3, -0.25) is 4.79 Å². The summed E-state index contributed by atoms with van der Waals surface area (Å²) in [6.45, 7) is 11.3. The number of nitrogens with one attached hydrogen (secondary N) is 1. The first-order valence-electron chi connectivity index (χ1n) is 9.90. The molecule has 0 aromatic rings. The molecule has 1 amide bonds. The second kappa shape index (κ2) is 9.19. The molecule has 0 aromatic carbocycles. The van der Waals surface area contributed by atoms with Crippen LogP contribution in [-0.4, -0.2) is 37.9 Å². The lowest BCUT2D eigenvalue weighted by atomic mass is 9.69. The Morgan fingerprint density at radius 2 is 2.00 bits per heavy atom. The number of hydrogen-bond donors (Lipinski definition) is 1. The average Bonchev–Trinajstić information content (AvgIpc) is 3.05. The second-order valence-corrected chi connectivity index (χ2v) is 8.66. The van der Waals surface area contributed by atoms with Crippen LogP contribution < -0.4 is 5.32 Å². The van der Waals surface area contributed by atoms with Gasteiger partial charge < -0.3 is 14.8 Å². The van der Waals surface area contributed by atoms with Gasteiger partial charge in [0.2, 0.25) is 5.91 Å². The highest BCUT2D eigenvalue weighted by Gasteiger charge is 2.39. The van der Waals surface area contributed by atoms with Crippen LogP contribution in [0.5, 0.6) is 0 Å². The summed E-state index contributed by atoms with van der Waals surface area (Å²) in [5.74, 6) is 1.38. The van der Waals surface area contributed by atoms with Crippen molar-refractivity contribution in [3.63, 3.8) is 0 Å². The van der Waals surface area contributed by atoms with Gasteiger partial charge in [-0.2, -0.15) is 0 Å². The molecule has 0 aromatic heterocycles. The molecular weight excluding hydrogens is 302 g/mol. The molecule has 0 radical (unpaired) electrons. The van der Waals surface area contributed by atoms with E-state index in [-0.39, 0.29) is 23.5 Å². The Bertz CT molecular complexity index is 390. The van der Waals surface area contributed by atoms with Crippen LogP contribution in [0.25, 0.3) is 0 Å². The second-order valence-electron chi connectivity index (χ2n) is 8.66. The van der Waals surface area contributed by atoms with E-state index < -0.39 is 0 Å². The van der Waals surface area contributed by atoms with E-state index in [2.05, 4.69) is 33.0 Å². The molecule has 140 valence electrons. The van der Waals surface area contributed by atoms with E-state index in [9.17, 15) is 4.79 Å². The van der Waals surface area contributed by atoms with Gasteiger partial charge in [-0.1, -0.05) is 34.1 Å². The van der Waals surface area contributed by atoms with Crippen molar-refractivity contribution in [2.45, 2.75) is 84.8 Å². The SMILES string of the molecule is CC(C)CC[C@]1(CC(=O)NC[C@@H]2CCCO2)CCO[C@@H](C(C)C)C1. The fourth-order valence-corrected chi connectivity index (χ4v) is 3.95. The Morgan fingerprint density at radius 1 is 1.21 bits per heavy atom. The van der Waals surface area contributed by atoms with E-state index in [0.717, 1.165) is 45.3 Å². The molecule has 2 fully saturated rings. The van der Waals surface area contributed by atoms with Crippen molar-refractivity contribution >= 4 is 5.91 Å². The van der Waals surface area contributed by atoms with Gasteiger partial charge >= 0.3 is 0 Å². The predicted octanol–water partition coefficient (Wildman–Crippen LogP) is 3.93. The molecule has 0 spiro atoms. The van der Waals surface area contributed by atoms with Crippen molar-refractivity contribution in [3.8, 4) is 0 Å². The van der Waals surface area contributed by atoms with Crippen LogP contribution in [0.3, 0.4) is 0 Å². The lowest BCUT2D eigenvalue weighted by Gasteiger charge is -2.42. The zero-order valence-corrected chi connectivity index (χ0v) is 16.1. The minimum absolute atomic E-state index is 0.109. The number of rotatable bonds is 8. The Morgan fingerprint density at radius 3 is 2.62 bits per heavy atom. The molecule has 0 aliphatic carbocycles. The van der Waals surface area contributed by atoms with E-state index in [1.165, 1.54) is 6.42 Å². The van der Waals surface area contributed by atoms with Crippen molar-refractivity contribution in [1.82, 2.24) is 5.32 Å². The lowest BCUT2D eigenvalue weighted by Crippen LogP contribution is -2.42. The zero-order chi connectivity index (χ0) is 17.6. The monoisotopic (exact) mass is 339 g/mol. The summed E-state index contributed by atoms with van der Waals surface area (Å²) >= 11 is 0. The molecular formula is C20H37NO3. The van der Waals surface area contributed by atoms with Gasteiger partial charge in [0.15, 0.2) is 0 Å². The maximum atomic E-state index is 12.6. The molecule has 3 atom stereocenters. The third kappa shape index (κ3) is 6.03. The van der Waals surface area contributed by atoms with Crippen molar-refractivity contribution < 1.29 is 14.3 Å². The standard InChI is InChI=1S/C20H37NO3/c1-15(2)7-8-20(9-11-24-18(12-20)16(3)4)13-19(22)21-14-17-6-5-10-23-17/h15-18H,5-14H2,1-4H3,(H,21,22)/t17-,18+,20-/m0/s1. The minimum atomic E-state index is 0.109. The smallest absolute Gasteiger partial charge is 0.220 e. The van der Waals surface area contributed by atoms with E-state index in [0.29, 0.717) is 24.8 Å². The van der Waals surface area contributed by atoms with Gasteiger partial charge in [0.05, 0.1) is 12.2 Å². The van der Waals surface area contributed by atoms with Crippen LogP contribution in [0.15, 0.2) is 0 Å². The predicted molar refractivity (Wildman–Crippen MR) is 96.9 cm³/mol. The number of hydrogen-bond acceptors (Lipinski definition) is 3. The van der Waals surface area contributed by atoms with Crippen LogP contribution in [0, 0.1) is 17.3 Å². The van der Waals surface area contributed by atoms with E-state index in [1.54, 1.807) is 0 Å². The van der Waals surface area contributed by atoms with Gasteiger partial charge in [0.25, 0.3) is 0 Å². The van der Waals surface area contributed by atoms with Crippen LogP contribution in [0.4, 0.5) is 0 Å². The normalized spacial score (nSPS) is 30.9. The molecule has 2 aliphatic heterocycles. The Kier molecular flexibility index (Phi) is 7.55. The highest BCUT2D eigenvalue weighted by atomic mass is 16.5. The molecule has 24 heavy (non-hydrogen) atoms. The van der Waals surface area contributed by atoms with Gasteiger partial charge in [-0.05, 0) is 49.4 Å². The number of carbonyl (C=O) groups excluding carboxylic acids is 1. The Labute approximate surface area is 148 Å². The van der Waals surface area contributed by atoms with Crippen LogP contribution in [0.1, 0.15) is 72.6 Å². The molecule has 0 unspecified atom stereocenters. The largest absolute Gasteiger partial charge is 0.378 e. The molecule has 2 saturated heterocycles. The lowest BCUT2D eigenvalue weighted by molar-refractivity contribution is -0.129. The highest BCUT2D eigenvalue weighted by Crippen LogP contribution is 2.43. The van der Waals surface area contributed by atoms with E-state index >= 15 is 0 Å². The molecule has 2 rings (SSSR count). The third-order valence-electron chi connectivity index (χ3n) is 5.68. The first-order chi connectivity index (χ1) is 11.4. The van der Waals surface area contributed by atoms with Gasteiger partial charge in [-0.15, -0.1) is 0 Å². The van der Waals surface area contributed by atoms with Crippen LogP contribution >= 0.6 is 0 Å². The first-order valence-corrected chi connectivity index (χ1v) is 9.90. The highest BCUT2D eigenvalue weighted by molar-refractivity contribution is 5.76. The van der Waals surface area contributed by atoms with Crippen LogP contribution in [0.2, 0.25) is 0 Å². The van der Waals surface area contributed by atoms with Crippen molar-refractivity contribution in [2.75, 3.05) is 19.8 Å². The summed E-state index contributed by atoms with van der Waals surface area (Å²) in [6, 6.07) is 0. The van der Waals surface area contributed by atoms with Gasteiger partial charge in [0.1, 0.15) is 0 Å². The van der Waals surface area contributed by atoms with Gasteiger partial charge in [0, 0.05) is 26.2 Å². The quantitative estimate of drug-likeness (QED) is 0.729. The summed E-state index contributed by atoms with van der Waals surface area (Å²) in [5.41, 5.74) is 0.109. The number of ether oxygens (including phenoxy) is 2. The number of carbonyl (C=O) groups is 1. The van der Waals surface area contributed by atoms with Gasteiger partial charge in [-0.25, -0.2) is 0 Å². The molecule has 1 N–H and O–H groups in total. The van der Waals surface area contributed by atoms with Crippen LogP contribution in [-0.2, 0) is 14.3 Å². The molecule has 2 heterocycles. The molecule has 0 bridgehead atoms. The summed E-state index contributed by atoms with van der Waals surface area (Å²) in [6.07, 6.45) is 7.68. The van der Waals surface area contributed by atoms with Crippen molar-refractivity contribution in [3.05, 3.63) is 0 Å². The zero-order valence-electron chi connectivity index (χ0n) is 16.1. The molecule has 2 aliphatic rings. The average molecular weight is 340 g/mol. The van der Waals surface area contributed by atoms with E-state index in [4.69, 9.17) is 9.47 Å². The third-order valence-corrected chi connectivity index (χ3v) is 5.68. The first kappa shape index (κ1) is 19.7. The summed E-state index contributed by atoms with van der Waals surface area (Å²) in [7, 11) is 0. The molecule has 4 nitrogen and oxygen atoms in total. The topological polar surface area (TPSA) is 47.6 Å². The molecule has 4 heteroatoms. The maximum absolute atomic E-state index is 12.6. The van der Waals surface area contributed by atoms with Crippen molar-refractivity contribution in [2.24, 2.45) is 17.3 Å². The Balaban J connectivity index is 1.92. The fraction of sp³-hybridized carbons (Fsp3) is 0.950. The minimum Gasteiger partial charge on any atom is -0.378 e.